The number of hydrogen-bond donors (Lipinski definition) is 0. The molecule has 0 radical (unpaired) electrons. The standard InChI is InChI=1S/C25H41F3/c1-5-6-16(2)20-9-10-21-19-8-7-17-15-18(25(26,27)28)11-13-23(17,3)22(19)12-14-24(20,21)4/h16-22H,5-15H2,1-4H3. The summed E-state index contributed by atoms with van der Waals surface area (Å²) in [6, 6.07) is 0. The van der Waals surface area contributed by atoms with Crippen molar-refractivity contribution in [1.82, 2.24) is 0 Å². The molecule has 4 fully saturated rings. The summed E-state index contributed by atoms with van der Waals surface area (Å²) in [5.41, 5.74) is 0.654. The van der Waals surface area contributed by atoms with E-state index in [2.05, 4.69) is 27.7 Å². The largest absolute Gasteiger partial charge is 0.391 e. The van der Waals surface area contributed by atoms with E-state index >= 15 is 0 Å². The van der Waals surface area contributed by atoms with Crippen molar-refractivity contribution in [3.8, 4) is 0 Å². The van der Waals surface area contributed by atoms with Crippen LogP contribution in [0.3, 0.4) is 0 Å². The van der Waals surface area contributed by atoms with Crippen molar-refractivity contribution in [2.75, 3.05) is 0 Å². The van der Waals surface area contributed by atoms with Crippen LogP contribution in [0.2, 0.25) is 0 Å². The summed E-state index contributed by atoms with van der Waals surface area (Å²) in [4.78, 5) is 0. The van der Waals surface area contributed by atoms with Gasteiger partial charge in [0.25, 0.3) is 0 Å². The van der Waals surface area contributed by atoms with Gasteiger partial charge in [-0.1, -0.05) is 40.5 Å². The molecule has 0 nitrogen and oxygen atoms in total. The third-order valence-electron chi connectivity index (χ3n) is 10.6. The second kappa shape index (κ2) is 7.19. The van der Waals surface area contributed by atoms with Crippen LogP contribution in [0.25, 0.3) is 0 Å². The molecule has 0 aliphatic heterocycles. The Balaban J connectivity index is 1.53. The lowest BCUT2D eigenvalue weighted by Crippen LogP contribution is -2.54. The van der Waals surface area contributed by atoms with E-state index in [1.165, 1.54) is 44.9 Å². The zero-order valence-electron chi connectivity index (χ0n) is 18.5. The smallest absolute Gasteiger partial charge is 0.171 e. The summed E-state index contributed by atoms with van der Waals surface area (Å²) in [6.45, 7) is 9.76. The van der Waals surface area contributed by atoms with Gasteiger partial charge in [0.05, 0.1) is 5.92 Å². The van der Waals surface area contributed by atoms with Gasteiger partial charge in [-0.3, -0.25) is 0 Å². The summed E-state index contributed by atoms with van der Waals surface area (Å²) < 4.78 is 40.1. The molecule has 0 aromatic rings. The molecule has 0 heterocycles. The molecule has 4 aliphatic carbocycles. The Morgan fingerprint density at radius 3 is 2.25 bits per heavy atom. The molecule has 9 unspecified atom stereocenters. The molecular weight excluding hydrogens is 357 g/mol. The first-order valence-corrected chi connectivity index (χ1v) is 12.2. The Hall–Kier alpha value is -0.210. The molecular formula is C25H41F3. The fourth-order valence-corrected chi connectivity index (χ4v) is 9.19. The minimum atomic E-state index is -3.99. The summed E-state index contributed by atoms with van der Waals surface area (Å²) >= 11 is 0. The molecule has 0 amide bonds. The van der Waals surface area contributed by atoms with Crippen molar-refractivity contribution in [1.29, 1.82) is 0 Å². The molecule has 4 saturated carbocycles. The predicted molar refractivity (Wildman–Crippen MR) is 109 cm³/mol. The topological polar surface area (TPSA) is 0 Å². The minimum absolute atomic E-state index is 0.166. The van der Waals surface area contributed by atoms with Gasteiger partial charge in [-0.2, -0.15) is 13.2 Å². The van der Waals surface area contributed by atoms with Crippen LogP contribution in [0.5, 0.6) is 0 Å². The average Bonchev–Trinajstić information content (AvgIpc) is 2.97. The van der Waals surface area contributed by atoms with Crippen LogP contribution in [0, 0.1) is 52.3 Å². The van der Waals surface area contributed by atoms with E-state index in [0.29, 0.717) is 30.1 Å². The lowest BCUT2D eigenvalue weighted by molar-refractivity contribution is -0.208. The quantitative estimate of drug-likeness (QED) is 0.449. The normalized spacial score (nSPS) is 49.8. The molecule has 9 atom stereocenters. The second-order valence-corrected chi connectivity index (χ2v) is 11.7. The van der Waals surface area contributed by atoms with E-state index < -0.39 is 12.1 Å². The van der Waals surface area contributed by atoms with Gasteiger partial charge in [-0.25, -0.2) is 0 Å². The van der Waals surface area contributed by atoms with E-state index in [-0.39, 0.29) is 5.41 Å². The molecule has 162 valence electrons. The first kappa shape index (κ1) is 21.0. The Kier molecular flexibility index (Phi) is 5.40. The van der Waals surface area contributed by atoms with Crippen molar-refractivity contribution in [3.63, 3.8) is 0 Å². The van der Waals surface area contributed by atoms with Crippen LogP contribution >= 0.6 is 0 Å². The SMILES string of the molecule is CCCC(C)C1CCC2C3CCC4CC(C(F)(F)F)CCC4(C)C3CCC12C. The molecule has 28 heavy (non-hydrogen) atoms. The summed E-state index contributed by atoms with van der Waals surface area (Å²) in [5, 5.41) is 0. The molecule has 4 rings (SSSR count). The van der Waals surface area contributed by atoms with Crippen molar-refractivity contribution in [3.05, 3.63) is 0 Å². The van der Waals surface area contributed by atoms with Gasteiger partial charge in [-0.15, -0.1) is 0 Å². The van der Waals surface area contributed by atoms with Crippen LogP contribution in [0.4, 0.5) is 13.2 Å². The van der Waals surface area contributed by atoms with Crippen LogP contribution in [-0.4, -0.2) is 6.18 Å². The Bertz CT molecular complexity index is 569. The number of alkyl halides is 3. The zero-order valence-corrected chi connectivity index (χ0v) is 18.5. The predicted octanol–water partition coefficient (Wildman–Crippen LogP) is 8.26. The monoisotopic (exact) mass is 398 g/mol. The number of rotatable bonds is 3. The lowest BCUT2D eigenvalue weighted by atomic mass is 9.44. The number of halogens is 3. The molecule has 0 aromatic carbocycles. The molecule has 0 spiro atoms. The second-order valence-electron chi connectivity index (χ2n) is 11.7. The molecule has 0 N–H and O–H groups in total. The van der Waals surface area contributed by atoms with Crippen molar-refractivity contribution in [2.45, 2.75) is 105 Å². The third kappa shape index (κ3) is 3.16. The number of hydrogen-bond acceptors (Lipinski definition) is 0. The molecule has 3 heteroatoms. The van der Waals surface area contributed by atoms with Crippen LogP contribution in [0.15, 0.2) is 0 Å². The van der Waals surface area contributed by atoms with Gasteiger partial charge in [0.1, 0.15) is 0 Å². The van der Waals surface area contributed by atoms with E-state index in [1.54, 1.807) is 0 Å². The first-order valence-electron chi connectivity index (χ1n) is 12.2. The average molecular weight is 399 g/mol. The van der Waals surface area contributed by atoms with Crippen LogP contribution in [-0.2, 0) is 0 Å². The maximum atomic E-state index is 13.4. The summed E-state index contributed by atoms with van der Waals surface area (Å²) in [6.07, 6.45) is 7.84. The van der Waals surface area contributed by atoms with Gasteiger partial charge in [0.15, 0.2) is 0 Å². The third-order valence-corrected chi connectivity index (χ3v) is 10.6. The van der Waals surface area contributed by atoms with E-state index in [0.717, 1.165) is 36.5 Å². The Labute approximate surface area is 170 Å². The van der Waals surface area contributed by atoms with Gasteiger partial charge in [0, 0.05) is 0 Å². The van der Waals surface area contributed by atoms with Crippen molar-refractivity contribution in [2.24, 2.45) is 52.3 Å². The minimum Gasteiger partial charge on any atom is -0.171 e. The maximum absolute atomic E-state index is 13.4. The first-order chi connectivity index (χ1) is 13.1. The highest BCUT2D eigenvalue weighted by Crippen LogP contribution is 2.69. The fourth-order valence-electron chi connectivity index (χ4n) is 9.19. The Morgan fingerprint density at radius 2 is 1.57 bits per heavy atom. The van der Waals surface area contributed by atoms with Gasteiger partial charge >= 0.3 is 6.18 Å². The molecule has 4 aliphatic rings. The van der Waals surface area contributed by atoms with E-state index in [1.807, 2.05) is 0 Å². The van der Waals surface area contributed by atoms with Crippen LogP contribution < -0.4 is 0 Å². The molecule has 0 aromatic heterocycles. The van der Waals surface area contributed by atoms with E-state index in [4.69, 9.17) is 0 Å². The number of fused-ring (bicyclic) bond motifs is 5. The zero-order chi connectivity index (χ0) is 20.3. The lowest BCUT2D eigenvalue weighted by Gasteiger charge is -2.61. The van der Waals surface area contributed by atoms with Gasteiger partial charge < -0.3 is 0 Å². The molecule has 0 saturated heterocycles. The fraction of sp³-hybridized carbons (Fsp3) is 1.00. The summed E-state index contributed by atoms with van der Waals surface area (Å²) in [7, 11) is 0. The highest BCUT2D eigenvalue weighted by Gasteiger charge is 2.61. The highest BCUT2D eigenvalue weighted by atomic mass is 19.4. The van der Waals surface area contributed by atoms with Crippen LogP contribution in [0.1, 0.15) is 98.3 Å². The van der Waals surface area contributed by atoms with Crippen molar-refractivity contribution >= 4 is 0 Å². The maximum Gasteiger partial charge on any atom is 0.391 e. The summed E-state index contributed by atoms with van der Waals surface area (Å²) in [5.74, 6) is 3.24. The highest BCUT2D eigenvalue weighted by molar-refractivity contribution is 5.09. The van der Waals surface area contributed by atoms with Gasteiger partial charge in [0.2, 0.25) is 0 Å². The molecule has 0 bridgehead atoms. The van der Waals surface area contributed by atoms with Crippen molar-refractivity contribution < 1.29 is 13.2 Å². The van der Waals surface area contributed by atoms with Gasteiger partial charge in [-0.05, 0) is 104 Å². The Morgan fingerprint density at radius 1 is 0.893 bits per heavy atom. The van der Waals surface area contributed by atoms with E-state index in [9.17, 15) is 13.2 Å².